The van der Waals surface area contributed by atoms with Gasteiger partial charge in [0.15, 0.2) is 0 Å². The maximum Gasteiger partial charge on any atom is 0.321 e. The number of carboxylic acids is 1. The Bertz CT molecular complexity index is 429. The summed E-state index contributed by atoms with van der Waals surface area (Å²) in [7, 11) is 0. The van der Waals surface area contributed by atoms with E-state index in [1.165, 1.54) is 0 Å². The Morgan fingerprint density at radius 2 is 1.89 bits per heavy atom. The molecule has 0 saturated carbocycles. The number of carbonyl (C=O) groups is 1. The van der Waals surface area contributed by atoms with E-state index in [0.29, 0.717) is 18.2 Å². The predicted molar refractivity (Wildman–Crippen MR) is 73.3 cm³/mol. The second-order valence-electron chi connectivity index (χ2n) is 4.89. The molecule has 1 saturated heterocycles. The van der Waals surface area contributed by atoms with Crippen molar-refractivity contribution in [2.24, 2.45) is 11.7 Å². The topological polar surface area (TPSA) is 72.6 Å². The fraction of sp³-hybridized carbons (Fsp3) is 0.500. The lowest BCUT2D eigenvalue weighted by Crippen LogP contribution is -2.41. The molecule has 1 aliphatic rings. The molecule has 4 nitrogen and oxygen atoms in total. The molecular weight excluding hydrogens is 266 g/mol. The van der Waals surface area contributed by atoms with E-state index in [2.05, 4.69) is 0 Å². The summed E-state index contributed by atoms with van der Waals surface area (Å²) in [4.78, 5) is 11.2. The van der Waals surface area contributed by atoms with Gasteiger partial charge in [-0.05, 0) is 36.5 Å². The minimum absolute atomic E-state index is 0.196. The largest absolute Gasteiger partial charge is 0.480 e. The van der Waals surface area contributed by atoms with Gasteiger partial charge in [-0.2, -0.15) is 0 Å². The van der Waals surface area contributed by atoms with Crippen molar-refractivity contribution in [3.63, 3.8) is 0 Å². The molecule has 5 heteroatoms. The Morgan fingerprint density at radius 1 is 1.32 bits per heavy atom. The Morgan fingerprint density at radius 3 is 2.42 bits per heavy atom. The Kier molecular flexibility index (Phi) is 4.80. The van der Waals surface area contributed by atoms with Gasteiger partial charge in [0.2, 0.25) is 0 Å². The lowest BCUT2D eigenvalue weighted by Gasteiger charge is -2.33. The second-order valence-corrected chi connectivity index (χ2v) is 5.33. The van der Waals surface area contributed by atoms with E-state index in [4.69, 9.17) is 22.1 Å². The summed E-state index contributed by atoms with van der Waals surface area (Å²) in [5, 5.41) is 9.85. The molecule has 104 valence electrons. The number of hydrogen-bond acceptors (Lipinski definition) is 3. The fourth-order valence-electron chi connectivity index (χ4n) is 2.69. The van der Waals surface area contributed by atoms with E-state index >= 15 is 0 Å². The standard InChI is InChI=1S/C14H18ClNO3/c15-11-3-1-9(2-4-11)12(13(16)14(17)18)10-5-7-19-8-6-10/h1-4,10,12-13H,5-8,16H2,(H,17,18)/t12?,13-/m0/s1. The maximum atomic E-state index is 11.2. The molecular formula is C14H18ClNO3. The lowest BCUT2D eigenvalue weighted by molar-refractivity contribution is -0.139. The van der Waals surface area contributed by atoms with Crippen molar-refractivity contribution in [2.75, 3.05) is 13.2 Å². The van der Waals surface area contributed by atoms with Crippen molar-refractivity contribution >= 4 is 17.6 Å². The van der Waals surface area contributed by atoms with E-state index in [1.807, 2.05) is 12.1 Å². The smallest absolute Gasteiger partial charge is 0.321 e. The molecule has 0 radical (unpaired) electrons. The first kappa shape index (κ1) is 14.3. The van der Waals surface area contributed by atoms with Crippen LogP contribution in [0.25, 0.3) is 0 Å². The van der Waals surface area contributed by atoms with Crippen molar-refractivity contribution < 1.29 is 14.6 Å². The van der Waals surface area contributed by atoms with Crippen LogP contribution in [-0.2, 0) is 9.53 Å². The first-order valence-electron chi connectivity index (χ1n) is 6.41. The Hall–Kier alpha value is -1.10. The number of rotatable bonds is 4. The first-order valence-corrected chi connectivity index (χ1v) is 6.79. The van der Waals surface area contributed by atoms with Crippen LogP contribution in [0.5, 0.6) is 0 Å². The Balaban J connectivity index is 2.27. The third kappa shape index (κ3) is 3.47. The third-order valence-corrected chi connectivity index (χ3v) is 3.95. The van der Waals surface area contributed by atoms with Gasteiger partial charge in [0, 0.05) is 24.2 Å². The van der Waals surface area contributed by atoms with E-state index in [1.54, 1.807) is 12.1 Å². The number of halogens is 1. The van der Waals surface area contributed by atoms with Crippen molar-refractivity contribution in [1.29, 1.82) is 0 Å². The maximum absolute atomic E-state index is 11.2. The molecule has 2 atom stereocenters. The molecule has 1 fully saturated rings. The van der Waals surface area contributed by atoms with Gasteiger partial charge in [0.1, 0.15) is 6.04 Å². The van der Waals surface area contributed by atoms with Gasteiger partial charge in [0.25, 0.3) is 0 Å². The van der Waals surface area contributed by atoms with E-state index < -0.39 is 12.0 Å². The fourth-order valence-corrected chi connectivity index (χ4v) is 2.81. The van der Waals surface area contributed by atoms with Crippen molar-refractivity contribution in [3.8, 4) is 0 Å². The van der Waals surface area contributed by atoms with Crippen LogP contribution in [0.3, 0.4) is 0 Å². The zero-order chi connectivity index (χ0) is 13.8. The molecule has 0 amide bonds. The number of benzene rings is 1. The lowest BCUT2D eigenvalue weighted by atomic mass is 9.77. The summed E-state index contributed by atoms with van der Waals surface area (Å²) in [6.07, 6.45) is 1.68. The highest BCUT2D eigenvalue weighted by atomic mass is 35.5. The van der Waals surface area contributed by atoms with Crippen molar-refractivity contribution in [1.82, 2.24) is 0 Å². The quantitative estimate of drug-likeness (QED) is 0.889. The van der Waals surface area contributed by atoms with Gasteiger partial charge < -0.3 is 15.6 Å². The molecule has 1 aromatic carbocycles. The molecule has 1 aromatic rings. The molecule has 1 aliphatic heterocycles. The molecule has 1 unspecified atom stereocenters. The SMILES string of the molecule is N[C@H](C(=O)O)C(c1ccc(Cl)cc1)C1CCOCC1. The van der Waals surface area contributed by atoms with Crippen LogP contribution in [-0.4, -0.2) is 30.3 Å². The monoisotopic (exact) mass is 283 g/mol. The average molecular weight is 284 g/mol. The van der Waals surface area contributed by atoms with E-state index in [0.717, 1.165) is 18.4 Å². The van der Waals surface area contributed by atoms with Crippen LogP contribution in [0.15, 0.2) is 24.3 Å². The van der Waals surface area contributed by atoms with Crippen LogP contribution in [0.1, 0.15) is 24.3 Å². The van der Waals surface area contributed by atoms with Crippen molar-refractivity contribution in [2.45, 2.75) is 24.8 Å². The Labute approximate surface area is 117 Å². The van der Waals surface area contributed by atoms with Gasteiger partial charge in [-0.1, -0.05) is 23.7 Å². The number of hydrogen-bond donors (Lipinski definition) is 2. The van der Waals surface area contributed by atoms with Crippen molar-refractivity contribution in [3.05, 3.63) is 34.9 Å². The minimum Gasteiger partial charge on any atom is -0.480 e. The van der Waals surface area contributed by atoms with Gasteiger partial charge in [0.05, 0.1) is 0 Å². The van der Waals surface area contributed by atoms with Crippen LogP contribution in [0.4, 0.5) is 0 Å². The number of nitrogens with two attached hydrogens (primary N) is 1. The van der Waals surface area contributed by atoms with Gasteiger partial charge in [-0.3, -0.25) is 4.79 Å². The van der Waals surface area contributed by atoms with Gasteiger partial charge in [-0.25, -0.2) is 0 Å². The third-order valence-electron chi connectivity index (χ3n) is 3.70. The van der Waals surface area contributed by atoms with Crippen LogP contribution in [0, 0.1) is 5.92 Å². The summed E-state index contributed by atoms with van der Waals surface area (Å²) in [6.45, 7) is 1.34. The van der Waals surface area contributed by atoms with Crippen LogP contribution >= 0.6 is 11.6 Å². The molecule has 2 rings (SSSR count). The van der Waals surface area contributed by atoms with Gasteiger partial charge >= 0.3 is 5.97 Å². The highest BCUT2D eigenvalue weighted by Crippen LogP contribution is 2.34. The molecule has 0 aliphatic carbocycles. The number of aliphatic carboxylic acids is 1. The van der Waals surface area contributed by atoms with Crippen LogP contribution < -0.4 is 5.73 Å². The first-order chi connectivity index (χ1) is 9.09. The summed E-state index contributed by atoms with van der Waals surface area (Å²) >= 11 is 5.88. The average Bonchev–Trinajstić information content (AvgIpc) is 2.42. The molecule has 1 heterocycles. The van der Waals surface area contributed by atoms with E-state index in [9.17, 15) is 9.90 Å². The molecule has 0 bridgehead atoms. The normalized spacial score (nSPS) is 19.9. The predicted octanol–water partition coefficient (Wildman–Crippen LogP) is 2.26. The summed E-state index contributed by atoms with van der Waals surface area (Å²) in [5.41, 5.74) is 6.82. The second kappa shape index (κ2) is 6.37. The highest BCUT2D eigenvalue weighted by Gasteiger charge is 2.33. The zero-order valence-corrected chi connectivity index (χ0v) is 11.3. The molecule has 19 heavy (non-hydrogen) atoms. The number of carboxylic acid groups (broad SMARTS) is 1. The molecule has 3 N–H and O–H groups in total. The highest BCUT2D eigenvalue weighted by molar-refractivity contribution is 6.30. The minimum atomic E-state index is -0.966. The van der Waals surface area contributed by atoms with Crippen LogP contribution in [0.2, 0.25) is 5.02 Å². The zero-order valence-electron chi connectivity index (χ0n) is 10.6. The molecule has 0 spiro atoms. The number of ether oxygens (including phenoxy) is 1. The van der Waals surface area contributed by atoms with Gasteiger partial charge in [-0.15, -0.1) is 0 Å². The van der Waals surface area contributed by atoms with E-state index in [-0.39, 0.29) is 11.8 Å². The summed E-state index contributed by atoms with van der Waals surface area (Å²) < 4.78 is 5.34. The summed E-state index contributed by atoms with van der Waals surface area (Å²) in [6, 6.07) is 6.39. The molecule has 0 aromatic heterocycles. The summed E-state index contributed by atoms with van der Waals surface area (Å²) in [5.74, 6) is -0.925.